The highest BCUT2D eigenvalue weighted by Gasteiger charge is 2.43. The summed E-state index contributed by atoms with van der Waals surface area (Å²) in [5.74, 6) is -2.01. The number of hydrogen-bond donors (Lipinski definition) is 1. The maximum absolute atomic E-state index is 12.4. The molecule has 1 aliphatic heterocycles. The van der Waals surface area contributed by atoms with Crippen LogP contribution in [0.2, 0.25) is 0 Å². The highest BCUT2D eigenvalue weighted by atomic mass is 19.4. The number of benzene rings is 1. The van der Waals surface area contributed by atoms with E-state index < -0.39 is 12.1 Å². The summed E-state index contributed by atoms with van der Waals surface area (Å²) in [4.78, 5) is 24.3. The van der Waals surface area contributed by atoms with Gasteiger partial charge in [0.1, 0.15) is 0 Å². The van der Waals surface area contributed by atoms with Gasteiger partial charge in [-0.3, -0.25) is 9.59 Å². The fraction of sp³-hybridized carbons (Fsp3) is 0.556. The molecule has 0 unspecified atom stereocenters. The summed E-state index contributed by atoms with van der Waals surface area (Å²) in [6.07, 6.45) is -4.35. The van der Waals surface area contributed by atoms with Crippen molar-refractivity contribution in [2.75, 3.05) is 13.1 Å². The van der Waals surface area contributed by atoms with Crippen LogP contribution < -0.4 is 5.32 Å². The number of alkyl halides is 3. The molecule has 0 saturated carbocycles. The fourth-order valence-electron chi connectivity index (χ4n) is 3.11. The Labute approximate surface area is 145 Å². The minimum Gasteiger partial charge on any atom is -0.352 e. The zero-order valence-corrected chi connectivity index (χ0v) is 14.4. The highest BCUT2D eigenvalue weighted by molar-refractivity contribution is 5.83. The van der Waals surface area contributed by atoms with Crippen LogP contribution in [0, 0.1) is 5.92 Å². The molecule has 0 spiro atoms. The van der Waals surface area contributed by atoms with E-state index in [1.54, 1.807) is 0 Å². The Kier molecular flexibility index (Phi) is 6.08. The molecule has 2 rings (SSSR count). The molecule has 1 saturated heterocycles. The van der Waals surface area contributed by atoms with Crippen molar-refractivity contribution >= 4 is 11.8 Å². The van der Waals surface area contributed by atoms with Crippen LogP contribution in [-0.2, 0) is 16.1 Å². The van der Waals surface area contributed by atoms with Crippen molar-refractivity contribution in [3.8, 4) is 0 Å². The minimum absolute atomic E-state index is 0.0426. The Balaban J connectivity index is 1.87. The molecular formula is C18H23F3N2O2. The smallest absolute Gasteiger partial charge is 0.352 e. The summed E-state index contributed by atoms with van der Waals surface area (Å²) < 4.78 is 37.3. The largest absolute Gasteiger partial charge is 0.471 e. The first-order valence-corrected chi connectivity index (χ1v) is 8.41. The van der Waals surface area contributed by atoms with E-state index in [4.69, 9.17) is 0 Å². The topological polar surface area (TPSA) is 49.4 Å². The third kappa shape index (κ3) is 4.96. The zero-order valence-electron chi connectivity index (χ0n) is 14.4. The van der Waals surface area contributed by atoms with Gasteiger partial charge in [-0.05, 0) is 29.9 Å². The molecule has 0 aliphatic carbocycles. The van der Waals surface area contributed by atoms with Gasteiger partial charge >= 0.3 is 12.1 Å². The minimum atomic E-state index is -4.85. The van der Waals surface area contributed by atoms with Crippen molar-refractivity contribution in [2.45, 2.75) is 45.3 Å². The monoisotopic (exact) mass is 356 g/mol. The van der Waals surface area contributed by atoms with Crippen LogP contribution in [0.5, 0.6) is 0 Å². The Bertz CT molecular complexity index is 621. The normalized spacial score (nSPS) is 16.2. The molecule has 1 aromatic carbocycles. The second-order valence-electron chi connectivity index (χ2n) is 6.64. The predicted octanol–water partition coefficient (Wildman–Crippen LogP) is 3.23. The van der Waals surface area contributed by atoms with Gasteiger partial charge in [-0.1, -0.05) is 38.1 Å². The van der Waals surface area contributed by atoms with Crippen LogP contribution in [0.1, 0.15) is 43.7 Å². The number of nitrogens with zero attached hydrogens (tertiary/aromatic N) is 1. The van der Waals surface area contributed by atoms with E-state index >= 15 is 0 Å². The van der Waals surface area contributed by atoms with Gasteiger partial charge in [0.25, 0.3) is 0 Å². The summed E-state index contributed by atoms with van der Waals surface area (Å²) in [6, 6.07) is 7.84. The second kappa shape index (κ2) is 7.89. The molecular weight excluding hydrogens is 333 g/mol. The summed E-state index contributed by atoms with van der Waals surface area (Å²) in [6.45, 7) is 4.47. The molecule has 4 nitrogen and oxygen atoms in total. The number of carbonyl (C=O) groups excluding carboxylic acids is 2. The molecule has 7 heteroatoms. The predicted molar refractivity (Wildman–Crippen MR) is 87.7 cm³/mol. The average molecular weight is 356 g/mol. The van der Waals surface area contributed by atoms with Crippen LogP contribution in [0.15, 0.2) is 24.3 Å². The number of halogens is 3. The first kappa shape index (κ1) is 19.3. The first-order chi connectivity index (χ1) is 11.7. The van der Waals surface area contributed by atoms with E-state index in [9.17, 15) is 22.8 Å². The SMILES string of the molecule is CC(C)c1ccccc1CNC(=O)C1CCN(C(=O)C(F)(F)F)CC1. The summed E-state index contributed by atoms with van der Waals surface area (Å²) in [7, 11) is 0. The molecule has 1 N–H and O–H groups in total. The Morgan fingerprint density at radius 3 is 2.36 bits per heavy atom. The molecule has 0 aromatic heterocycles. The van der Waals surface area contributed by atoms with E-state index in [-0.39, 0.29) is 37.8 Å². The van der Waals surface area contributed by atoms with Crippen LogP contribution in [0.25, 0.3) is 0 Å². The van der Waals surface area contributed by atoms with Crippen molar-refractivity contribution < 1.29 is 22.8 Å². The van der Waals surface area contributed by atoms with Gasteiger partial charge in [0.2, 0.25) is 5.91 Å². The van der Waals surface area contributed by atoms with Gasteiger partial charge in [-0.2, -0.15) is 13.2 Å². The number of hydrogen-bond acceptors (Lipinski definition) is 2. The molecule has 1 fully saturated rings. The fourth-order valence-corrected chi connectivity index (χ4v) is 3.11. The number of likely N-dealkylation sites (tertiary alicyclic amines) is 1. The number of rotatable bonds is 4. The lowest BCUT2D eigenvalue weighted by Gasteiger charge is -2.31. The van der Waals surface area contributed by atoms with E-state index in [1.165, 1.54) is 0 Å². The van der Waals surface area contributed by atoms with Crippen molar-refractivity contribution in [3.63, 3.8) is 0 Å². The Morgan fingerprint density at radius 1 is 1.20 bits per heavy atom. The van der Waals surface area contributed by atoms with E-state index in [2.05, 4.69) is 19.2 Å². The molecule has 0 atom stereocenters. The van der Waals surface area contributed by atoms with Crippen molar-refractivity contribution in [3.05, 3.63) is 35.4 Å². The molecule has 1 heterocycles. The summed E-state index contributed by atoms with van der Waals surface area (Å²) in [5.41, 5.74) is 2.20. The molecule has 0 bridgehead atoms. The molecule has 1 aromatic rings. The average Bonchev–Trinajstić information content (AvgIpc) is 2.58. The quantitative estimate of drug-likeness (QED) is 0.900. The van der Waals surface area contributed by atoms with Crippen molar-refractivity contribution in [2.24, 2.45) is 5.92 Å². The van der Waals surface area contributed by atoms with Crippen molar-refractivity contribution in [1.29, 1.82) is 0 Å². The maximum Gasteiger partial charge on any atom is 0.471 e. The molecule has 0 radical (unpaired) electrons. The second-order valence-corrected chi connectivity index (χ2v) is 6.64. The van der Waals surface area contributed by atoms with E-state index in [1.807, 2.05) is 24.3 Å². The van der Waals surface area contributed by atoms with E-state index in [0.29, 0.717) is 12.5 Å². The van der Waals surface area contributed by atoms with Crippen LogP contribution in [0.3, 0.4) is 0 Å². The molecule has 25 heavy (non-hydrogen) atoms. The lowest BCUT2D eigenvalue weighted by atomic mass is 9.94. The number of amides is 2. The number of nitrogens with one attached hydrogen (secondary N) is 1. The van der Waals surface area contributed by atoms with Crippen LogP contribution in [0.4, 0.5) is 13.2 Å². The zero-order chi connectivity index (χ0) is 18.6. The summed E-state index contributed by atoms with van der Waals surface area (Å²) >= 11 is 0. The lowest BCUT2D eigenvalue weighted by Crippen LogP contribution is -2.47. The van der Waals surface area contributed by atoms with Gasteiger partial charge in [0.15, 0.2) is 0 Å². The van der Waals surface area contributed by atoms with E-state index in [0.717, 1.165) is 16.0 Å². The van der Waals surface area contributed by atoms with Gasteiger partial charge in [-0.15, -0.1) is 0 Å². The lowest BCUT2D eigenvalue weighted by molar-refractivity contribution is -0.186. The highest BCUT2D eigenvalue weighted by Crippen LogP contribution is 2.24. The standard InChI is InChI=1S/C18H23F3N2O2/c1-12(2)15-6-4-3-5-14(15)11-22-16(24)13-7-9-23(10-8-13)17(25)18(19,20)21/h3-6,12-13H,7-11H2,1-2H3,(H,22,24). The maximum atomic E-state index is 12.4. The molecule has 138 valence electrons. The van der Waals surface area contributed by atoms with Crippen LogP contribution >= 0.6 is 0 Å². The van der Waals surface area contributed by atoms with Gasteiger partial charge < -0.3 is 10.2 Å². The third-order valence-corrected chi connectivity index (χ3v) is 4.53. The first-order valence-electron chi connectivity index (χ1n) is 8.41. The molecule has 1 aliphatic rings. The van der Waals surface area contributed by atoms with Crippen molar-refractivity contribution in [1.82, 2.24) is 10.2 Å². The third-order valence-electron chi connectivity index (χ3n) is 4.53. The van der Waals surface area contributed by atoms with Gasteiger partial charge in [0.05, 0.1) is 0 Å². The van der Waals surface area contributed by atoms with Gasteiger partial charge in [0, 0.05) is 25.6 Å². The number of piperidine rings is 1. The molecule has 2 amide bonds. The summed E-state index contributed by atoms with van der Waals surface area (Å²) in [5, 5.41) is 2.87. The van der Waals surface area contributed by atoms with Gasteiger partial charge in [-0.25, -0.2) is 0 Å². The van der Waals surface area contributed by atoms with Crippen LogP contribution in [-0.4, -0.2) is 36.0 Å². The Hall–Kier alpha value is -2.05. The Morgan fingerprint density at radius 2 is 1.80 bits per heavy atom. The number of carbonyl (C=O) groups is 2.